The molecule has 1 saturated heterocycles. The highest BCUT2D eigenvalue weighted by molar-refractivity contribution is 7.89. The highest BCUT2D eigenvalue weighted by atomic mass is 32.2. The number of methoxy groups -OCH3 is 1. The molecule has 1 atom stereocenters. The molecule has 0 unspecified atom stereocenters. The number of rotatable bonds is 7. The van der Waals surface area contributed by atoms with Crippen molar-refractivity contribution in [3.05, 3.63) is 59.9 Å². The van der Waals surface area contributed by atoms with E-state index in [-0.39, 0.29) is 43.1 Å². The third kappa shape index (κ3) is 5.56. The van der Waals surface area contributed by atoms with Gasteiger partial charge in [0.2, 0.25) is 10.0 Å². The molecule has 0 aliphatic carbocycles. The van der Waals surface area contributed by atoms with Crippen LogP contribution in [0.5, 0.6) is 5.75 Å². The Bertz CT molecular complexity index is 1010. The number of likely N-dealkylation sites (N-methyl/N-ethyl adjacent to an activating group) is 1. The van der Waals surface area contributed by atoms with Gasteiger partial charge in [-0.25, -0.2) is 17.6 Å². The van der Waals surface area contributed by atoms with Gasteiger partial charge in [0, 0.05) is 32.7 Å². The van der Waals surface area contributed by atoms with E-state index in [9.17, 15) is 17.6 Å². The number of amides is 2. The Morgan fingerprint density at radius 1 is 1.06 bits per heavy atom. The fraction of sp³-hybridized carbons (Fsp3) is 0.409. The number of sulfonamides is 1. The molecule has 10 heteroatoms. The fourth-order valence-electron chi connectivity index (χ4n) is 3.61. The summed E-state index contributed by atoms with van der Waals surface area (Å²) in [5, 5.41) is 2.96. The Morgan fingerprint density at radius 2 is 1.66 bits per heavy atom. The number of benzene rings is 2. The minimum Gasteiger partial charge on any atom is -0.497 e. The number of nitrogens with one attached hydrogen (secondary N) is 1. The Labute approximate surface area is 188 Å². The van der Waals surface area contributed by atoms with Gasteiger partial charge in [-0.2, -0.15) is 4.31 Å². The minimum absolute atomic E-state index is 0.0231. The second-order valence-electron chi connectivity index (χ2n) is 7.78. The van der Waals surface area contributed by atoms with E-state index in [1.807, 2.05) is 43.3 Å². The second-order valence-corrected chi connectivity index (χ2v) is 9.72. The first-order valence-corrected chi connectivity index (χ1v) is 11.7. The molecule has 1 aliphatic rings. The van der Waals surface area contributed by atoms with Crippen LogP contribution in [0, 0.1) is 5.82 Å². The van der Waals surface area contributed by atoms with E-state index < -0.39 is 15.8 Å². The lowest BCUT2D eigenvalue weighted by Gasteiger charge is -2.34. The Kier molecular flexibility index (Phi) is 7.70. The SMILES string of the molecule is COc1ccc([C@@H](CNC(=O)N2CCN(S(=O)(=O)c3ccc(F)cc3)CC2)N(C)C)cc1. The standard InChI is InChI=1S/C22H29FN4O4S/c1-25(2)21(17-4-8-19(31-3)9-5-17)16-24-22(28)26-12-14-27(15-13-26)32(29,30)20-10-6-18(23)7-11-20/h4-11,21H,12-16H2,1-3H3,(H,24,28)/t21-/m1/s1. The summed E-state index contributed by atoms with van der Waals surface area (Å²) >= 11 is 0. The molecular formula is C22H29FN4O4S. The van der Waals surface area contributed by atoms with E-state index in [4.69, 9.17) is 4.74 Å². The van der Waals surface area contributed by atoms with Gasteiger partial charge in [-0.05, 0) is 56.1 Å². The second kappa shape index (κ2) is 10.3. The van der Waals surface area contributed by atoms with E-state index in [0.717, 1.165) is 23.4 Å². The highest BCUT2D eigenvalue weighted by Crippen LogP contribution is 2.21. The van der Waals surface area contributed by atoms with Crippen LogP contribution in [0.2, 0.25) is 0 Å². The summed E-state index contributed by atoms with van der Waals surface area (Å²) in [7, 11) is 1.79. The molecule has 2 aromatic rings. The number of carbonyl (C=O) groups excluding carboxylic acids is 1. The molecule has 2 amide bonds. The quantitative estimate of drug-likeness (QED) is 0.679. The molecule has 174 valence electrons. The van der Waals surface area contributed by atoms with Crippen molar-refractivity contribution in [1.29, 1.82) is 0 Å². The van der Waals surface area contributed by atoms with Gasteiger partial charge in [0.05, 0.1) is 18.0 Å². The summed E-state index contributed by atoms with van der Waals surface area (Å²) in [6.45, 7) is 1.33. The molecular weight excluding hydrogens is 435 g/mol. The first-order chi connectivity index (χ1) is 15.2. The van der Waals surface area contributed by atoms with Gasteiger partial charge in [0.1, 0.15) is 11.6 Å². The predicted molar refractivity (Wildman–Crippen MR) is 120 cm³/mol. The molecule has 0 spiro atoms. The number of hydrogen-bond donors (Lipinski definition) is 1. The maximum absolute atomic E-state index is 13.1. The van der Waals surface area contributed by atoms with Crippen LogP contribution in [-0.2, 0) is 10.0 Å². The molecule has 8 nitrogen and oxygen atoms in total. The highest BCUT2D eigenvalue weighted by Gasteiger charge is 2.30. The van der Waals surface area contributed by atoms with Crippen LogP contribution in [0.1, 0.15) is 11.6 Å². The van der Waals surface area contributed by atoms with Crippen molar-refractivity contribution < 1.29 is 22.3 Å². The first kappa shape index (κ1) is 24.0. The average molecular weight is 465 g/mol. The monoisotopic (exact) mass is 464 g/mol. The summed E-state index contributed by atoms with van der Waals surface area (Å²) < 4.78 is 45.1. The van der Waals surface area contributed by atoms with Crippen LogP contribution in [0.3, 0.4) is 0 Å². The molecule has 2 aromatic carbocycles. The van der Waals surface area contributed by atoms with E-state index in [0.29, 0.717) is 6.54 Å². The lowest BCUT2D eigenvalue weighted by atomic mass is 10.1. The van der Waals surface area contributed by atoms with Gasteiger partial charge in [-0.1, -0.05) is 12.1 Å². The van der Waals surface area contributed by atoms with Crippen LogP contribution >= 0.6 is 0 Å². The molecule has 3 rings (SSSR count). The van der Waals surface area contributed by atoms with Gasteiger partial charge in [-0.15, -0.1) is 0 Å². The van der Waals surface area contributed by atoms with Gasteiger partial charge in [0.25, 0.3) is 0 Å². The van der Waals surface area contributed by atoms with Gasteiger partial charge < -0.3 is 19.9 Å². The minimum atomic E-state index is -3.72. The van der Waals surface area contributed by atoms with Gasteiger partial charge in [-0.3, -0.25) is 0 Å². The summed E-state index contributed by atoms with van der Waals surface area (Å²) in [5.74, 6) is 0.278. The van der Waals surface area contributed by atoms with Crippen molar-refractivity contribution >= 4 is 16.1 Å². The van der Waals surface area contributed by atoms with E-state index in [1.165, 1.54) is 16.4 Å². The van der Waals surface area contributed by atoms with Crippen molar-refractivity contribution in [2.45, 2.75) is 10.9 Å². The molecule has 1 N–H and O–H groups in total. The van der Waals surface area contributed by atoms with E-state index >= 15 is 0 Å². The molecule has 0 radical (unpaired) electrons. The molecule has 0 bridgehead atoms. The third-order valence-corrected chi connectivity index (χ3v) is 7.46. The smallest absolute Gasteiger partial charge is 0.317 e. The topological polar surface area (TPSA) is 82.2 Å². The van der Waals surface area contributed by atoms with Crippen molar-refractivity contribution in [3.8, 4) is 5.75 Å². The zero-order valence-corrected chi connectivity index (χ0v) is 19.3. The van der Waals surface area contributed by atoms with Crippen LogP contribution in [0.25, 0.3) is 0 Å². The molecule has 0 saturated carbocycles. The molecule has 1 aliphatic heterocycles. The molecule has 0 aromatic heterocycles. The maximum Gasteiger partial charge on any atom is 0.317 e. The van der Waals surface area contributed by atoms with Crippen molar-refractivity contribution in [1.82, 2.24) is 19.4 Å². The van der Waals surface area contributed by atoms with Gasteiger partial charge in [0.15, 0.2) is 0 Å². The third-order valence-electron chi connectivity index (χ3n) is 5.55. The van der Waals surface area contributed by atoms with Crippen molar-refractivity contribution in [2.75, 3.05) is 53.9 Å². The Hall–Kier alpha value is -2.69. The predicted octanol–water partition coefficient (Wildman–Crippen LogP) is 2.15. The lowest BCUT2D eigenvalue weighted by molar-refractivity contribution is 0.168. The Balaban J connectivity index is 1.56. The van der Waals surface area contributed by atoms with Crippen LogP contribution in [0.4, 0.5) is 9.18 Å². The number of urea groups is 1. The number of halogens is 1. The number of piperazine rings is 1. The molecule has 1 fully saturated rings. The largest absolute Gasteiger partial charge is 0.497 e. The van der Waals surface area contributed by atoms with Crippen LogP contribution in [-0.4, -0.2) is 82.5 Å². The zero-order chi connectivity index (χ0) is 23.3. The van der Waals surface area contributed by atoms with Crippen LogP contribution < -0.4 is 10.1 Å². The molecule has 32 heavy (non-hydrogen) atoms. The van der Waals surface area contributed by atoms with Crippen molar-refractivity contribution in [3.63, 3.8) is 0 Å². The van der Waals surface area contributed by atoms with E-state index in [1.54, 1.807) is 12.0 Å². The number of hydrogen-bond acceptors (Lipinski definition) is 5. The summed E-state index contributed by atoms with van der Waals surface area (Å²) in [4.78, 5) is 16.4. The summed E-state index contributed by atoms with van der Waals surface area (Å²) in [5.41, 5.74) is 1.05. The maximum atomic E-state index is 13.1. The summed E-state index contributed by atoms with van der Waals surface area (Å²) in [6.07, 6.45) is 0. The number of ether oxygens (including phenoxy) is 1. The van der Waals surface area contributed by atoms with Crippen LogP contribution in [0.15, 0.2) is 53.4 Å². The Morgan fingerprint density at radius 3 is 2.19 bits per heavy atom. The normalized spacial score (nSPS) is 16.1. The first-order valence-electron chi connectivity index (χ1n) is 10.3. The average Bonchev–Trinajstić information content (AvgIpc) is 2.79. The fourth-order valence-corrected chi connectivity index (χ4v) is 5.03. The zero-order valence-electron chi connectivity index (χ0n) is 18.5. The lowest BCUT2D eigenvalue weighted by Crippen LogP contribution is -2.53. The summed E-state index contributed by atoms with van der Waals surface area (Å²) in [6, 6.07) is 12.2. The van der Waals surface area contributed by atoms with Gasteiger partial charge >= 0.3 is 6.03 Å². The molecule has 1 heterocycles. The number of nitrogens with zero attached hydrogens (tertiary/aromatic N) is 3. The number of carbonyl (C=O) groups is 1. The van der Waals surface area contributed by atoms with E-state index in [2.05, 4.69) is 5.32 Å². The van der Waals surface area contributed by atoms with Crippen molar-refractivity contribution in [2.24, 2.45) is 0 Å².